The Hall–Kier alpha value is -0.760. The average molecular weight is 330 g/mol. The van der Waals surface area contributed by atoms with E-state index in [-0.39, 0.29) is 6.04 Å². The van der Waals surface area contributed by atoms with Crippen LogP contribution in [0.25, 0.3) is 0 Å². The van der Waals surface area contributed by atoms with Crippen LogP contribution in [0.2, 0.25) is 0 Å². The van der Waals surface area contributed by atoms with Gasteiger partial charge in [0, 0.05) is 13.0 Å². The quantitative estimate of drug-likeness (QED) is 0.630. The smallest absolute Gasteiger partial charge is 0.138 e. The van der Waals surface area contributed by atoms with Gasteiger partial charge in [0.2, 0.25) is 0 Å². The second-order valence-electron chi connectivity index (χ2n) is 4.01. The Morgan fingerprint density at radius 3 is 3.06 bits per heavy atom. The number of aryl methyl sites for hydroxylation is 1. The maximum absolute atomic E-state index is 5.64. The fourth-order valence-corrected chi connectivity index (χ4v) is 3.04. The van der Waals surface area contributed by atoms with Gasteiger partial charge in [-0.25, -0.2) is 4.98 Å². The second-order valence-corrected chi connectivity index (χ2v) is 6.30. The topological polar surface area (TPSA) is 68.8 Å². The fraction of sp³-hybridized carbons (Fsp3) is 0.455. The Morgan fingerprint density at radius 1 is 1.61 bits per heavy atom. The highest BCUT2D eigenvalue weighted by molar-refractivity contribution is 9.11. The Kier molecular flexibility index (Phi) is 4.87. The lowest BCUT2D eigenvalue weighted by molar-refractivity contribution is 0.500. The standard InChI is InChI=1S/C11H16BrN5S/c1-2-3-17-11(14-7-15-17)5-9(16-13)8-4-10(12)18-6-8/h4,6-7,9,16H,2-3,5,13H2,1H3. The highest BCUT2D eigenvalue weighted by atomic mass is 79.9. The Balaban J connectivity index is 2.12. The molecule has 0 amide bonds. The number of thiophene rings is 1. The molecule has 0 saturated heterocycles. The number of nitrogens with one attached hydrogen (secondary N) is 1. The van der Waals surface area contributed by atoms with E-state index in [4.69, 9.17) is 5.84 Å². The lowest BCUT2D eigenvalue weighted by Crippen LogP contribution is -2.30. The molecule has 0 aliphatic heterocycles. The molecule has 2 aromatic heterocycles. The van der Waals surface area contributed by atoms with E-state index >= 15 is 0 Å². The highest BCUT2D eigenvalue weighted by Gasteiger charge is 2.15. The van der Waals surface area contributed by atoms with Crippen LogP contribution < -0.4 is 11.3 Å². The minimum Gasteiger partial charge on any atom is -0.271 e. The van der Waals surface area contributed by atoms with Crippen molar-refractivity contribution in [2.45, 2.75) is 32.4 Å². The minimum absolute atomic E-state index is 0.0624. The van der Waals surface area contributed by atoms with Gasteiger partial charge in [0.15, 0.2) is 0 Å². The summed E-state index contributed by atoms with van der Waals surface area (Å²) in [6, 6.07) is 2.14. The van der Waals surface area contributed by atoms with Crippen LogP contribution in [0, 0.1) is 0 Å². The van der Waals surface area contributed by atoms with Crippen LogP contribution in [-0.2, 0) is 13.0 Å². The van der Waals surface area contributed by atoms with Gasteiger partial charge < -0.3 is 0 Å². The van der Waals surface area contributed by atoms with Gasteiger partial charge in [0.05, 0.1) is 9.83 Å². The maximum Gasteiger partial charge on any atom is 0.138 e. The normalized spacial score (nSPS) is 12.8. The minimum atomic E-state index is 0.0624. The molecule has 2 aromatic rings. The average Bonchev–Trinajstić information content (AvgIpc) is 2.96. The molecule has 2 heterocycles. The van der Waals surface area contributed by atoms with Crippen LogP contribution in [0.1, 0.15) is 30.8 Å². The van der Waals surface area contributed by atoms with Crippen LogP contribution in [0.5, 0.6) is 0 Å². The van der Waals surface area contributed by atoms with Gasteiger partial charge in [-0.3, -0.25) is 16.0 Å². The SMILES string of the molecule is CCCn1ncnc1CC(NN)c1csc(Br)c1. The van der Waals surface area contributed by atoms with Crippen molar-refractivity contribution in [1.29, 1.82) is 0 Å². The highest BCUT2D eigenvalue weighted by Crippen LogP contribution is 2.26. The van der Waals surface area contributed by atoms with Gasteiger partial charge in [-0.2, -0.15) is 5.10 Å². The van der Waals surface area contributed by atoms with Gasteiger partial charge in [0.25, 0.3) is 0 Å². The summed E-state index contributed by atoms with van der Waals surface area (Å²) in [6.07, 6.45) is 3.38. The fourth-order valence-electron chi connectivity index (χ4n) is 1.81. The maximum atomic E-state index is 5.64. The zero-order valence-electron chi connectivity index (χ0n) is 10.1. The molecule has 0 bridgehead atoms. The first-order valence-corrected chi connectivity index (χ1v) is 7.48. The van der Waals surface area contributed by atoms with Crippen LogP contribution in [-0.4, -0.2) is 14.8 Å². The predicted octanol–water partition coefficient (Wildman–Crippen LogP) is 2.26. The molecule has 98 valence electrons. The van der Waals surface area contributed by atoms with Gasteiger partial charge in [0.1, 0.15) is 12.2 Å². The van der Waals surface area contributed by atoms with E-state index in [0.29, 0.717) is 0 Å². The van der Waals surface area contributed by atoms with E-state index in [1.54, 1.807) is 17.7 Å². The van der Waals surface area contributed by atoms with Gasteiger partial charge in [-0.15, -0.1) is 11.3 Å². The van der Waals surface area contributed by atoms with Crippen molar-refractivity contribution in [2.75, 3.05) is 0 Å². The predicted molar refractivity (Wildman–Crippen MR) is 76.1 cm³/mol. The molecule has 1 atom stereocenters. The van der Waals surface area contributed by atoms with E-state index in [2.05, 4.69) is 49.8 Å². The molecule has 7 heteroatoms. The van der Waals surface area contributed by atoms with Crippen molar-refractivity contribution < 1.29 is 0 Å². The summed E-state index contributed by atoms with van der Waals surface area (Å²) in [4.78, 5) is 4.30. The van der Waals surface area contributed by atoms with Crippen LogP contribution >= 0.6 is 27.3 Å². The van der Waals surface area contributed by atoms with E-state index in [1.165, 1.54) is 5.56 Å². The number of hydrogen-bond acceptors (Lipinski definition) is 5. The molecule has 0 aliphatic carbocycles. The van der Waals surface area contributed by atoms with Crippen LogP contribution in [0.4, 0.5) is 0 Å². The lowest BCUT2D eigenvalue weighted by Gasteiger charge is -2.14. The molecule has 0 saturated carbocycles. The zero-order valence-corrected chi connectivity index (χ0v) is 12.5. The Morgan fingerprint density at radius 2 is 2.44 bits per heavy atom. The summed E-state index contributed by atoms with van der Waals surface area (Å²) >= 11 is 5.12. The van der Waals surface area contributed by atoms with Crippen LogP contribution in [0.3, 0.4) is 0 Å². The second kappa shape index (κ2) is 6.42. The van der Waals surface area contributed by atoms with E-state index in [0.717, 1.165) is 29.0 Å². The molecule has 3 N–H and O–H groups in total. The monoisotopic (exact) mass is 329 g/mol. The molecule has 0 spiro atoms. The molecule has 2 rings (SSSR count). The molecule has 1 unspecified atom stereocenters. The Bertz CT molecular complexity index is 495. The van der Waals surface area contributed by atoms with Crippen molar-refractivity contribution in [3.05, 3.63) is 32.9 Å². The Labute approximate surface area is 119 Å². The molecule has 0 radical (unpaired) electrons. The van der Waals surface area contributed by atoms with Gasteiger partial charge in [-0.1, -0.05) is 6.92 Å². The van der Waals surface area contributed by atoms with Crippen molar-refractivity contribution in [1.82, 2.24) is 20.2 Å². The number of aromatic nitrogens is 3. The van der Waals surface area contributed by atoms with E-state index < -0.39 is 0 Å². The molecule has 0 aromatic carbocycles. The van der Waals surface area contributed by atoms with Crippen molar-refractivity contribution in [3.63, 3.8) is 0 Å². The van der Waals surface area contributed by atoms with Gasteiger partial charge in [-0.05, 0) is 39.4 Å². The summed E-state index contributed by atoms with van der Waals surface area (Å²) in [5, 5.41) is 6.31. The molecule has 18 heavy (non-hydrogen) atoms. The summed E-state index contributed by atoms with van der Waals surface area (Å²) in [7, 11) is 0. The van der Waals surface area contributed by atoms with Crippen molar-refractivity contribution in [2.24, 2.45) is 5.84 Å². The third kappa shape index (κ3) is 3.17. The lowest BCUT2D eigenvalue weighted by atomic mass is 10.1. The third-order valence-corrected chi connectivity index (χ3v) is 4.23. The number of hydrogen-bond donors (Lipinski definition) is 2. The third-order valence-electron chi connectivity index (χ3n) is 2.71. The van der Waals surface area contributed by atoms with E-state index in [9.17, 15) is 0 Å². The van der Waals surface area contributed by atoms with Crippen molar-refractivity contribution in [3.8, 4) is 0 Å². The largest absolute Gasteiger partial charge is 0.271 e. The van der Waals surface area contributed by atoms with Gasteiger partial charge >= 0.3 is 0 Å². The summed E-state index contributed by atoms with van der Waals surface area (Å²) in [5.74, 6) is 6.60. The first-order chi connectivity index (χ1) is 8.74. The number of hydrazine groups is 1. The summed E-state index contributed by atoms with van der Waals surface area (Å²) < 4.78 is 3.04. The van der Waals surface area contributed by atoms with E-state index in [1.807, 2.05) is 4.68 Å². The molecule has 0 fully saturated rings. The van der Waals surface area contributed by atoms with Crippen molar-refractivity contribution >= 4 is 27.3 Å². The zero-order chi connectivity index (χ0) is 13.0. The molecular formula is C11H16BrN5S. The molecule has 5 nitrogen and oxygen atoms in total. The first-order valence-electron chi connectivity index (χ1n) is 5.81. The number of nitrogens with zero attached hydrogens (tertiary/aromatic N) is 3. The molecular weight excluding hydrogens is 314 g/mol. The number of rotatable bonds is 6. The first kappa shape index (κ1) is 13.7. The summed E-state index contributed by atoms with van der Waals surface area (Å²) in [5.41, 5.74) is 4.01. The molecule has 0 aliphatic rings. The number of nitrogens with two attached hydrogens (primary N) is 1. The van der Waals surface area contributed by atoms with Crippen LogP contribution in [0.15, 0.2) is 21.6 Å². The number of halogens is 1. The summed E-state index contributed by atoms with van der Waals surface area (Å²) in [6.45, 7) is 3.01.